The maximum absolute atomic E-state index is 12.8. The molecule has 0 bridgehead atoms. The predicted octanol–water partition coefficient (Wildman–Crippen LogP) is 5.96. The molecule has 0 aliphatic carbocycles. The zero-order chi connectivity index (χ0) is 21.8. The van der Waals surface area contributed by atoms with Crippen LogP contribution in [0.4, 0.5) is 13.2 Å². The number of carboxylic acids is 1. The molecule has 0 heterocycles. The number of carbonyl (C=O) groups is 1. The maximum atomic E-state index is 12.8. The predicted molar refractivity (Wildman–Crippen MR) is 104 cm³/mol. The van der Waals surface area contributed by atoms with E-state index in [1.807, 2.05) is 13.8 Å². The molecule has 0 spiro atoms. The lowest BCUT2D eigenvalue weighted by molar-refractivity contribution is -0.139. The first-order chi connectivity index (χ1) is 13.5. The highest BCUT2D eigenvalue weighted by atomic mass is 19.4. The van der Waals surface area contributed by atoms with E-state index in [1.165, 1.54) is 19.2 Å². The van der Waals surface area contributed by atoms with Crippen LogP contribution in [0.1, 0.15) is 44.2 Å². The number of hydrogen-bond acceptors (Lipinski definition) is 3. The van der Waals surface area contributed by atoms with Gasteiger partial charge in [0.15, 0.2) is 6.29 Å². The van der Waals surface area contributed by atoms with E-state index in [2.05, 4.69) is 0 Å². The number of benzene rings is 2. The van der Waals surface area contributed by atoms with Gasteiger partial charge in [-0.1, -0.05) is 32.0 Å². The van der Waals surface area contributed by atoms with Gasteiger partial charge in [0.05, 0.1) is 11.5 Å². The first-order valence-electron chi connectivity index (χ1n) is 9.26. The zero-order valence-corrected chi connectivity index (χ0v) is 16.8. The molecule has 158 valence electrons. The molecule has 4 nitrogen and oxygen atoms in total. The van der Waals surface area contributed by atoms with Crippen molar-refractivity contribution in [2.75, 3.05) is 7.11 Å². The van der Waals surface area contributed by atoms with Gasteiger partial charge >= 0.3 is 12.1 Å². The van der Waals surface area contributed by atoms with Gasteiger partial charge in [-0.05, 0) is 60.2 Å². The van der Waals surface area contributed by atoms with E-state index in [0.717, 1.165) is 12.1 Å². The van der Waals surface area contributed by atoms with Gasteiger partial charge in [0.25, 0.3) is 0 Å². The van der Waals surface area contributed by atoms with Gasteiger partial charge < -0.3 is 14.6 Å². The first-order valence-corrected chi connectivity index (χ1v) is 9.26. The van der Waals surface area contributed by atoms with Gasteiger partial charge in [0.1, 0.15) is 5.75 Å². The molecule has 0 aromatic heterocycles. The van der Waals surface area contributed by atoms with Crippen LogP contribution in [0.15, 0.2) is 42.5 Å². The van der Waals surface area contributed by atoms with Crippen molar-refractivity contribution >= 4 is 5.97 Å². The highest BCUT2D eigenvalue weighted by Crippen LogP contribution is 2.35. The highest BCUT2D eigenvalue weighted by Gasteiger charge is 2.30. The lowest BCUT2D eigenvalue weighted by atomic mass is 9.88. The second kappa shape index (κ2) is 9.31. The highest BCUT2D eigenvalue weighted by molar-refractivity contribution is 5.78. The summed E-state index contributed by atoms with van der Waals surface area (Å²) in [4.78, 5) is 11.8. The molecule has 2 atom stereocenters. The lowest BCUT2D eigenvalue weighted by Gasteiger charge is -2.19. The summed E-state index contributed by atoms with van der Waals surface area (Å²) in [6.45, 7) is 5.55. The molecule has 0 saturated heterocycles. The average molecular weight is 410 g/mol. The molecule has 0 fully saturated rings. The van der Waals surface area contributed by atoms with Crippen LogP contribution in [-0.2, 0) is 15.7 Å². The molecule has 2 rings (SSSR count). The quantitative estimate of drug-likeness (QED) is 0.546. The summed E-state index contributed by atoms with van der Waals surface area (Å²) in [5.74, 6) is -1.19. The number of rotatable bonds is 8. The molecule has 2 aromatic carbocycles. The van der Waals surface area contributed by atoms with Crippen LogP contribution in [-0.4, -0.2) is 24.5 Å². The standard InChI is InChI=1S/C22H25F3O4/c1-13(2)9-20(21(26)27)17-10-16(11-19(12-17)29-14(3)28-4)15-5-7-18(8-6-15)22(23,24)25/h5-8,10-14,20H,9H2,1-4H3,(H,26,27). The summed E-state index contributed by atoms with van der Waals surface area (Å²) < 4.78 is 49.3. The fourth-order valence-corrected chi connectivity index (χ4v) is 3.00. The number of methoxy groups -OCH3 is 1. The maximum Gasteiger partial charge on any atom is 0.416 e. The second-order valence-electron chi connectivity index (χ2n) is 7.31. The fourth-order valence-electron chi connectivity index (χ4n) is 3.00. The van der Waals surface area contributed by atoms with Crippen LogP contribution < -0.4 is 4.74 Å². The fraction of sp³-hybridized carbons (Fsp3) is 0.409. The summed E-state index contributed by atoms with van der Waals surface area (Å²) >= 11 is 0. The summed E-state index contributed by atoms with van der Waals surface area (Å²) in [7, 11) is 1.48. The topological polar surface area (TPSA) is 55.8 Å². The minimum Gasteiger partial charge on any atom is -0.481 e. The third-order valence-corrected chi connectivity index (χ3v) is 4.52. The Hall–Kier alpha value is -2.54. The molecule has 0 aliphatic heterocycles. The summed E-state index contributed by atoms with van der Waals surface area (Å²) in [5, 5.41) is 9.69. The van der Waals surface area contributed by atoms with Crippen molar-refractivity contribution in [2.45, 2.75) is 45.6 Å². The van der Waals surface area contributed by atoms with E-state index in [1.54, 1.807) is 25.1 Å². The van der Waals surface area contributed by atoms with Crippen LogP contribution in [0, 0.1) is 5.92 Å². The van der Waals surface area contributed by atoms with Crippen LogP contribution in [0.2, 0.25) is 0 Å². The van der Waals surface area contributed by atoms with Crippen molar-refractivity contribution in [3.8, 4) is 16.9 Å². The van der Waals surface area contributed by atoms with Gasteiger partial charge in [0.2, 0.25) is 0 Å². The van der Waals surface area contributed by atoms with Gasteiger partial charge in [-0.2, -0.15) is 13.2 Å². The Labute approximate surface area is 168 Å². The van der Waals surface area contributed by atoms with Crippen molar-refractivity contribution in [1.29, 1.82) is 0 Å². The monoisotopic (exact) mass is 410 g/mol. The van der Waals surface area contributed by atoms with Crippen LogP contribution >= 0.6 is 0 Å². The van der Waals surface area contributed by atoms with Gasteiger partial charge in [-0.25, -0.2) is 0 Å². The number of halogens is 3. The van der Waals surface area contributed by atoms with E-state index in [-0.39, 0.29) is 5.92 Å². The summed E-state index contributed by atoms with van der Waals surface area (Å²) in [5.41, 5.74) is 0.889. The number of ether oxygens (including phenoxy) is 2. The molecule has 0 radical (unpaired) electrons. The Morgan fingerprint density at radius 2 is 1.66 bits per heavy atom. The molecule has 7 heteroatoms. The molecule has 29 heavy (non-hydrogen) atoms. The number of hydrogen-bond donors (Lipinski definition) is 1. The third-order valence-electron chi connectivity index (χ3n) is 4.52. The van der Waals surface area contributed by atoms with E-state index in [0.29, 0.717) is 28.9 Å². The van der Waals surface area contributed by atoms with Crippen molar-refractivity contribution in [2.24, 2.45) is 5.92 Å². The molecule has 0 aliphatic rings. The van der Waals surface area contributed by atoms with E-state index in [9.17, 15) is 23.1 Å². The summed E-state index contributed by atoms with van der Waals surface area (Å²) in [6, 6.07) is 9.73. The Morgan fingerprint density at radius 3 is 2.14 bits per heavy atom. The normalized spacial score (nSPS) is 13.9. The molecule has 2 aromatic rings. The smallest absolute Gasteiger partial charge is 0.416 e. The second-order valence-corrected chi connectivity index (χ2v) is 7.31. The Kier molecular flexibility index (Phi) is 7.30. The number of alkyl halides is 3. The van der Waals surface area contributed by atoms with Crippen LogP contribution in [0.25, 0.3) is 11.1 Å². The molecule has 0 amide bonds. The average Bonchev–Trinajstić information content (AvgIpc) is 2.64. The van der Waals surface area contributed by atoms with Gasteiger partial charge in [-0.3, -0.25) is 4.79 Å². The van der Waals surface area contributed by atoms with Gasteiger partial charge in [-0.15, -0.1) is 0 Å². The van der Waals surface area contributed by atoms with Crippen molar-refractivity contribution in [3.63, 3.8) is 0 Å². The molecule has 0 saturated carbocycles. The zero-order valence-electron chi connectivity index (χ0n) is 16.8. The Balaban J connectivity index is 2.52. The van der Waals surface area contributed by atoms with Crippen molar-refractivity contribution < 1.29 is 32.5 Å². The van der Waals surface area contributed by atoms with Crippen LogP contribution in [0.5, 0.6) is 5.75 Å². The van der Waals surface area contributed by atoms with E-state index < -0.39 is 29.9 Å². The van der Waals surface area contributed by atoms with Crippen molar-refractivity contribution in [3.05, 3.63) is 53.6 Å². The van der Waals surface area contributed by atoms with Crippen molar-refractivity contribution in [1.82, 2.24) is 0 Å². The van der Waals surface area contributed by atoms with E-state index in [4.69, 9.17) is 9.47 Å². The number of aliphatic carboxylic acids is 1. The minimum absolute atomic E-state index is 0.146. The third kappa shape index (κ3) is 6.22. The Bertz CT molecular complexity index is 829. The molecule has 1 N–H and O–H groups in total. The molecule has 2 unspecified atom stereocenters. The molecular formula is C22H25F3O4. The van der Waals surface area contributed by atoms with E-state index >= 15 is 0 Å². The van der Waals surface area contributed by atoms with Crippen LogP contribution in [0.3, 0.4) is 0 Å². The lowest BCUT2D eigenvalue weighted by Crippen LogP contribution is -2.16. The minimum atomic E-state index is -4.42. The summed E-state index contributed by atoms with van der Waals surface area (Å²) in [6.07, 6.45) is -4.57. The number of carboxylic acid groups (broad SMARTS) is 1. The largest absolute Gasteiger partial charge is 0.481 e. The molecular weight excluding hydrogens is 385 g/mol. The SMILES string of the molecule is COC(C)Oc1cc(-c2ccc(C(F)(F)F)cc2)cc(C(CC(C)C)C(=O)O)c1. The van der Waals surface area contributed by atoms with Gasteiger partial charge in [0, 0.05) is 7.11 Å². The first kappa shape index (κ1) is 22.7. The Morgan fingerprint density at radius 1 is 1.03 bits per heavy atom.